The van der Waals surface area contributed by atoms with Crippen LogP contribution in [-0.4, -0.2) is 26.4 Å². The summed E-state index contributed by atoms with van der Waals surface area (Å²) < 4.78 is 5.04. The third-order valence-corrected chi connectivity index (χ3v) is 3.56. The van der Waals surface area contributed by atoms with Crippen LogP contribution in [0.4, 0.5) is 0 Å². The molecule has 0 saturated carbocycles. The van der Waals surface area contributed by atoms with E-state index in [1.807, 2.05) is 24.3 Å². The van der Waals surface area contributed by atoms with E-state index in [-0.39, 0.29) is 0 Å². The Hall–Kier alpha value is -1.08. The summed E-state index contributed by atoms with van der Waals surface area (Å²) in [5, 5.41) is 10.1. The van der Waals surface area contributed by atoms with Crippen LogP contribution in [0.15, 0.2) is 24.3 Å². The van der Waals surface area contributed by atoms with Gasteiger partial charge >= 0.3 is 0 Å². The van der Waals surface area contributed by atoms with Crippen LogP contribution in [-0.2, 0) is 10.3 Å². The van der Waals surface area contributed by atoms with Gasteiger partial charge in [-0.25, -0.2) is 0 Å². The maximum absolute atomic E-state index is 10.1. The van der Waals surface area contributed by atoms with Crippen molar-refractivity contribution in [3.63, 3.8) is 0 Å². The van der Waals surface area contributed by atoms with Crippen molar-refractivity contribution in [3.8, 4) is 11.5 Å². The van der Waals surface area contributed by atoms with Gasteiger partial charge in [-0.3, -0.25) is 0 Å². The third kappa shape index (κ3) is 2.98. The molecule has 2 nitrogen and oxygen atoms in total. The van der Waals surface area contributed by atoms with Crippen molar-refractivity contribution < 1.29 is 9.84 Å². The summed E-state index contributed by atoms with van der Waals surface area (Å²) in [5.74, 6) is 3.20. The SMILES string of the molecule is C[Si](C)(C)C#Cc1ccc(C2(O)COC2)cc1. The first-order valence-corrected chi connectivity index (χ1v) is 9.33. The first-order chi connectivity index (χ1) is 7.89. The van der Waals surface area contributed by atoms with Gasteiger partial charge in [-0.2, -0.15) is 0 Å². The molecule has 1 fully saturated rings. The molecule has 0 unspecified atom stereocenters. The number of ether oxygens (including phenoxy) is 1. The highest BCUT2D eigenvalue weighted by molar-refractivity contribution is 6.83. The van der Waals surface area contributed by atoms with E-state index in [4.69, 9.17) is 4.74 Å². The van der Waals surface area contributed by atoms with E-state index >= 15 is 0 Å². The topological polar surface area (TPSA) is 29.5 Å². The van der Waals surface area contributed by atoms with Gasteiger partial charge in [0.2, 0.25) is 0 Å². The lowest BCUT2D eigenvalue weighted by molar-refractivity contribution is -0.184. The van der Waals surface area contributed by atoms with E-state index in [2.05, 4.69) is 31.1 Å². The van der Waals surface area contributed by atoms with Crippen molar-refractivity contribution in [2.75, 3.05) is 13.2 Å². The van der Waals surface area contributed by atoms with Crippen molar-refractivity contribution >= 4 is 8.07 Å². The van der Waals surface area contributed by atoms with E-state index in [9.17, 15) is 5.11 Å². The number of hydrogen-bond donors (Lipinski definition) is 1. The minimum absolute atomic E-state index is 0.396. The Morgan fingerprint density at radius 3 is 2.18 bits per heavy atom. The van der Waals surface area contributed by atoms with E-state index in [1.165, 1.54) is 0 Å². The van der Waals surface area contributed by atoms with Crippen molar-refractivity contribution in [2.24, 2.45) is 0 Å². The molecule has 0 atom stereocenters. The number of aliphatic hydroxyl groups is 1. The zero-order valence-corrected chi connectivity index (χ0v) is 11.6. The van der Waals surface area contributed by atoms with E-state index in [1.54, 1.807) is 0 Å². The molecule has 1 N–H and O–H groups in total. The Morgan fingerprint density at radius 2 is 1.76 bits per heavy atom. The predicted octanol–water partition coefficient (Wildman–Crippen LogP) is 2.13. The highest BCUT2D eigenvalue weighted by atomic mass is 28.3. The Bertz CT molecular complexity index is 456. The molecule has 2 rings (SSSR count). The monoisotopic (exact) mass is 246 g/mol. The van der Waals surface area contributed by atoms with Crippen molar-refractivity contribution in [1.29, 1.82) is 0 Å². The fraction of sp³-hybridized carbons (Fsp3) is 0.429. The second-order valence-electron chi connectivity index (χ2n) is 5.60. The molecule has 1 aliphatic rings. The molecule has 1 aromatic rings. The largest absolute Gasteiger partial charge is 0.380 e. The van der Waals surface area contributed by atoms with Gasteiger partial charge < -0.3 is 9.84 Å². The highest BCUT2D eigenvalue weighted by Gasteiger charge is 2.37. The van der Waals surface area contributed by atoms with Gasteiger partial charge in [0, 0.05) is 5.56 Å². The molecule has 0 amide bonds. The molecule has 1 saturated heterocycles. The van der Waals surface area contributed by atoms with Crippen LogP contribution >= 0.6 is 0 Å². The number of rotatable bonds is 1. The lowest BCUT2D eigenvalue weighted by Crippen LogP contribution is -2.46. The van der Waals surface area contributed by atoms with Gasteiger partial charge in [-0.05, 0) is 17.7 Å². The molecule has 0 spiro atoms. The van der Waals surface area contributed by atoms with Gasteiger partial charge in [0.05, 0.1) is 13.2 Å². The molecule has 17 heavy (non-hydrogen) atoms. The average Bonchev–Trinajstić information content (AvgIpc) is 2.23. The minimum atomic E-state index is -1.32. The zero-order valence-electron chi connectivity index (χ0n) is 10.6. The fourth-order valence-corrected chi connectivity index (χ4v) is 2.10. The zero-order chi connectivity index (χ0) is 12.5. The second kappa shape index (κ2) is 4.30. The molecular weight excluding hydrogens is 228 g/mol. The van der Waals surface area contributed by atoms with Gasteiger partial charge in [0.15, 0.2) is 0 Å². The lowest BCUT2D eigenvalue weighted by Gasteiger charge is -2.36. The van der Waals surface area contributed by atoms with E-state index < -0.39 is 13.7 Å². The second-order valence-corrected chi connectivity index (χ2v) is 10.4. The van der Waals surface area contributed by atoms with Gasteiger partial charge in [-0.15, -0.1) is 5.54 Å². The maximum atomic E-state index is 10.1. The summed E-state index contributed by atoms with van der Waals surface area (Å²) in [7, 11) is -1.32. The number of benzene rings is 1. The summed E-state index contributed by atoms with van der Waals surface area (Å²) in [4.78, 5) is 0. The van der Waals surface area contributed by atoms with Crippen LogP contribution in [0, 0.1) is 11.5 Å². The first kappa shape index (κ1) is 12.4. The van der Waals surface area contributed by atoms with Crippen molar-refractivity contribution in [3.05, 3.63) is 35.4 Å². The van der Waals surface area contributed by atoms with Crippen LogP contribution in [0.3, 0.4) is 0 Å². The molecule has 0 radical (unpaired) electrons. The summed E-state index contributed by atoms with van der Waals surface area (Å²) >= 11 is 0. The Morgan fingerprint density at radius 1 is 1.18 bits per heavy atom. The molecule has 1 aromatic carbocycles. The molecule has 0 aliphatic carbocycles. The van der Waals surface area contributed by atoms with E-state index in [0.29, 0.717) is 13.2 Å². The summed E-state index contributed by atoms with van der Waals surface area (Å²) in [6.45, 7) is 7.47. The summed E-state index contributed by atoms with van der Waals surface area (Å²) in [6, 6.07) is 7.82. The van der Waals surface area contributed by atoms with Crippen molar-refractivity contribution in [2.45, 2.75) is 25.2 Å². The number of hydrogen-bond acceptors (Lipinski definition) is 2. The first-order valence-electron chi connectivity index (χ1n) is 5.83. The van der Waals surface area contributed by atoms with Crippen LogP contribution < -0.4 is 0 Å². The Balaban J connectivity index is 2.15. The quantitative estimate of drug-likeness (QED) is 0.607. The Labute approximate surface area is 104 Å². The van der Waals surface area contributed by atoms with Gasteiger partial charge in [0.1, 0.15) is 13.7 Å². The van der Waals surface area contributed by atoms with Crippen LogP contribution in [0.2, 0.25) is 19.6 Å². The van der Waals surface area contributed by atoms with Crippen LogP contribution in [0.1, 0.15) is 11.1 Å². The minimum Gasteiger partial charge on any atom is -0.380 e. The smallest absolute Gasteiger partial charge is 0.136 e. The molecule has 1 heterocycles. The van der Waals surface area contributed by atoms with Crippen LogP contribution in [0.5, 0.6) is 0 Å². The van der Waals surface area contributed by atoms with Crippen LogP contribution in [0.25, 0.3) is 0 Å². The third-order valence-electron chi connectivity index (χ3n) is 2.69. The Kier molecular flexibility index (Phi) is 3.13. The standard InChI is InChI=1S/C14H18O2Si/c1-17(2,3)9-8-12-4-6-13(7-5-12)14(15)10-16-11-14/h4-7,15H,10-11H2,1-3H3. The van der Waals surface area contributed by atoms with Gasteiger partial charge in [0.25, 0.3) is 0 Å². The molecule has 90 valence electrons. The van der Waals surface area contributed by atoms with Crippen molar-refractivity contribution in [1.82, 2.24) is 0 Å². The highest BCUT2D eigenvalue weighted by Crippen LogP contribution is 2.29. The normalized spacial score (nSPS) is 17.9. The molecular formula is C14H18O2Si. The molecule has 1 aliphatic heterocycles. The predicted molar refractivity (Wildman–Crippen MR) is 71.4 cm³/mol. The molecule has 0 bridgehead atoms. The summed E-state index contributed by atoms with van der Waals surface area (Å²) in [6.07, 6.45) is 0. The lowest BCUT2D eigenvalue weighted by atomic mass is 9.91. The molecule has 0 aromatic heterocycles. The summed E-state index contributed by atoms with van der Waals surface area (Å²) in [5.41, 5.74) is 4.49. The van der Waals surface area contributed by atoms with Gasteiger partial charge in [-0.1, -0.05) is 37.7 Å². The average molecular weight is 246 g/mol. The maximum Gasteiger partial charge on any atom is 0.136 e. The van der Waals surface area contributed by atoms with E-state index in [0.717, 1.165) is 11.1 Å². The fourth-order valence-electron chi connectivity index (χ4n) is 1.59. The molecule has 3 heteroatoms.